The topological polar surface area (TPSA) is 159 Å². The third-order valence-electron chi connectivity index (χ3n) is 3.77. The van der Waals surface area contributed by atoms with Crippen LogP contribution >= 0.6 is 0 Å². The standard InChI is InChI=1S/C14H20N2O7/c1-16-10-12(19)11(18)9(23-14(10)21)5-22-13(20)7-4-6(15)2-3-8(7)17/h2-4,9-12,14,16-19,21H,5,15H2,1H3/p+1/t9?,10?,11-,12+,14+/m0/s1. The zero-order valence-corrected chi connectivity index (χ0v) is 12.5. The lowest BCUT2D eigenvalue weighted by atomic mass is 9.97. The summed E-state index contributed by atoms with van der Waals surface area (Å²) in [7, 11) is 1.62. The number of phenolic OH excluding ortho intramolecular Hbond substituents is 1. The summed E-state index contributed by atoms with van der Waals surface area (Å²) in [4.78, 5) is 11.9. The maximum Gasteiger partial charge on any atom is 0.342 e. The molecule has 0 amide bonds. The molecule has 0 saturated carbocycles. The summed E-state index contributed by atoms with van der Waals surface area (Å²) in [5, 5.41) is 40.8. The van der Waals surface area contributed by atoms with E-state index < -0.39 is 43.2 Å². The normalized spacial score (nSPS) is 30.9. The van der Waals surface area contributed by atoms with Crippen molar-refractivity contribution in [2.45, 2.75) is 30.6 Å². The quantitative estimate of drug-likeness (QED) is 0.195. The van der Waals surface area contributed by atoms with E-state index in [9.17, 15) is 25.2 Å². The summed E-state index contributed by atoms with van der Waals surface area (Å²) in [5.74, 6) is -1.16. The number of likely N-dealkylation sites (N-methyl/N-ethyl adjacent to an activating group) is 1. The van der Waals surface area contributed by atoms with E-state index in [1.165, 1.54) is 23.5 Å². The summed E-state index contributed by atoms with van der Waals surface area (Å²) in [5.41, 5.74) is 5.69. The van der Waals surface area contributed by atoms with E-state index >= 15 is 0 Å². The number of aromatic hydroxyl groups is 1. The number of anilines is 1. The number of nitrogen functional groups attached to an aromatic ring is 1. The van der Waals surface area contributed by atoms with Gasteiger partial charge in [-0.05, 0) is 18.2 Å². The molecule has 2 unspecified atom stereocenters. The molecule has 1 saturated heterocycles. The molecule has 2 rings (SSSR count). The first-order chi connectivity index (χ1) is 10.8. The molecule has 9 nitrogen and oxygen atoms in total. The average molecular weight is 329 g/mol. The van der Waals surface area contributed by atoms with Crippen molar-refractivity contribution in [1.82, 2.24) is 0 Å². The van der Waals surface area contributed by atoms with Crippen LogP contribution in [0, 0.1) is 0 Å². The predicted molar refractivity (Wildman–Crippen MR) is 77.3 cm³/mol. The predicted octanol–water partition coefficient (Wildman–Crippen LogP) is -2.87. The molecule has 1 fully saturated rings. The van der Waals surface area contributed by atoms with E-state index in [2.05, 4.69) is 0 Å². The fourth-order valence-corrected chi connectivity index (χ4v) is 2.42. The highest BCUT2D eigenvalue weighted by molar-refractivity contribution is 5.93. The molecule has 8 N–H and O–H groups in total. The molecule has 128 valence electrons. The molecule has 0 aliphatic carbocycles. The fraction of sp³-hybridized carbons (Fsp3) is 0.500. The molecule has 1 heterocycles. The second-order valence-corrected chi connectivity index (χ2v) is 5.33. The molecule has 9 heteroatoms. The average Bonchev–Trinajstić information content (AvgIpc) is 2.52. The maximum atomic E-state index is 11.9. The number of hydrogen-bond acceptors (Lipinski definition) is 8. The molecule has 0 aromatic heterocycles. The zero-order valence-electron chi connectivity index (χ0n) is 12.5. The van der Waals surface area contributed by atoms with Gasteiger partial charge in [-0.15, -0.1) is 0 Å². The highest BCUT2D eigenvalue weighted by atomic mass is 16.6. The molecule has 1 aromatic rings. The molecular weight excluding hydrogens is 308 g/mol. The fourth-order valence-electron chi connectivity index (χ4n) is 2.42. The van der Waals surface area contributed by atoms with E-state index in [4.69, 9.17) is 15.2 Å². The number of hydrogen-bond donors (Lipinski definition) is 6. The van der Waals surface area contributed by atoms with Crippen LogP contribution in [-0.2, 0) is 9.47 Å². The van der Waals surface area contributed by atoms with Gasteiger partial charge in [-0.25, -0.2) is 4.79 Å². The Kier molecular flexibility index (Phi) is 5.39. The van der Waals surface area contributed by atoms with Crippen molar-refractivity contribution in [3.8, 4) is 5.75 Å². The van der Waals surface area contributed by atoms with Gasteiger partial charge in [0.25, 0.3) is 0 Å². The monoisotopic (exact) mass is 329 g/mol. The van der Waals surface area contributed by atoms with Crippen molar-refractivity contribution < 1.29 is 40.0 Å². The van der Waals surface area contributed by atoms with Crippen LogP contribution in [-0.4, -0.2) is 70.7 Å². The Morgan fingerprint density at radius 3 is 2.70 bits per heavy atom. The Balaban J connectivity index is 2.00. The van der Waals surface area contributed by atoms with Crippen LogP contribution in [0.3, 0.4) is 0 Å². The second kappa shape index (κ2) is 7.11. The Hall–Kier alpha value is -1.91. The number of aliphatic hydroxyl groups is 3. The van der Waals surface area contributed by atoms with Crippen molar-refractivity contribution >= 4 is 11.7 Å². The SMILES string of the molecule is C[NH2+]C1[C@H](O)OC(COC(=O)c2cc(N)ccc2O)[C@H](O)[C@@H]1O. The summed E-state index contributed by atoms with van der Waals surface area (Å²) < 4.78 is 10.1. The van der Waals surface area contributed by atoms with Crippen LogP contribution < -0.4 is 11.1 Å². The molecule has 0 bridgehead atoms. The lowest BCUT2D eigenvalue weighted by molar-refractivity contribution is -0.694. The van der Waals surface area contributed by atoms with Gasteiger partial charge in [0, 0.05) is 5.69 Å². The van der Waals surface area contributed by atoms with Crippen LogP contribution in [0.5, 0.6) is 5.75 Å². The maximum absolute atomic E-state index is 11.9. The van der Waals surface area contributed by atoms with Crippen molar-refractivity contribution in [2.75, 3.05) is 19.4 Å². The first-order valence-electron chi connectivity index (χ1n) is 7.10. The minimum absolute atomic E-state index is 0.129. The van der Waals surface area contributed by atoms with Crippen molar-refractivity contribution in [3.63, 3.8) is 0 Å². The summed E-state index contributed by atoms with van der Waals surface area (Å²) in [6.07, 6.45) is -4.98. The van der Waals surface area contributed by atoms with E-state index in [-0.39, 0.29) is 17.0 Å². The molecule has 5 atom stereocenters. The molecule has 1 aromatic carbocycles. The van der Waals surface area contributed by atoms with Crippen LogP contribution in [0.15, 0.2) is 18.2 Å². The molecular formula is C14H21N2O7+. The largest absolute Gasteiger partial charge is 0.507 e. The van der Waals surface area contributed by atoms with Crippen LogP contribution in [0.1, 0.15) is 10.4 Å². The van der Waals surface area contributed by atoms with Gasteiger partial charge in [0.05, 0.1) is 7.05 Å². The molecule has 0 radical (unpaired) electrons. The van der Waals surface area contributed by atoms with E-state index in [1.54, 1.807) is 7.05 Å². The van der Waals surface area contributed by atoms with Crippen LogP contribution in [0.25, 0.3) is 0 Å². The summed E-state index contributed by atoms with van der Waals surface area (Å²) >= 11 is 0. The van der Waals surface area contributed by atoms with Gasteiger partial charge < -0.3 is 41.0 Å². The minimum Gasteiger partial charge on any atom is -0.507 e. The van der Waals surface area contributed by atoms with Crippen LogP contribution in [0.2, 0.25) is 0 Å². The van der Waals surface area contributed by atoms with Gasteiger partial charge in [-0.1, -0.05) is 0 Å². The number of benzene rings is 1. The zero-order chi connectivity index (χ0) is 17.1. The molecule has 1 aliphatic heterocycles. The molecule has 1 aliphatic rings. The first-order valence-corrected chi connectivity index (χ1v) is 7.10. The molecule has 23 heavy (non-hydrogen) atoms. The highest BCUT2D eigenvalue weighted by Gasteiger charge is 2.46. The van der Waals surface area contributed by atoms with Gasteiger partial charge >= 0.3 is 5.97 Å². The molecule has 0 spiro atoms. The number of aliphatic hydroxyl groups excluding tert-OH is 3. The van der Waals surface area contributed by atoms with Gasteiger partial charge in [-0.2, -0.15) is 0 Å². The third kappa shape index (κ3) is 3.71. The highest BCUT2D eigenvalue weighted by Crippen LogP contribution is 2.22. The Labute approximate surface area is 132 Å². The Morgan fingerprint density at radius 1 is 1.35 bits per heavy atom. The Morgan fingerprint density at radius 2 is 2.04 bits per heavy atom. The summed E-state index contributed by atoms with van der Waals surface area (Å²) in [6, 6.07) is 3.19. The number of esters is 1. The Bertz CT molecular complexity index is 568. The van der Waals surface area contributed by atoms with Gasteiger partial charge in [-0.3, -0.25) is 0 Å². The van der Waals surface area contributed by atoms with E-state index in [0.29, 0.717) is 0 Å². The number of nitrogens with two attached hydrogens (primary N) is 2. The van der Waals surface area contributed by atoms with Crippen molar-refractivity contribution in [3.05, 3.63) is 23.8 Å². The number of quaternary nitrogens is 1. The number of carbonyl (C=O) groups is 1. The number of ether oxygens (including phenoxy) is 2. The van der Waals surface area contributed by atoms with Gasteiger partial charge in [0.15, 0.2) is 6.04 Å². The van der Waals surface area contributed by atoms with E-state index in [1.807, 2.05) is 0 Å². The number of carbonyl (C=O) groups excluding carboxylic acids is 1. The lowest BCUT2D eigenvalue weighted by Crippen LogP contribution is -2.94. The lowest BCUT2D eigenvalue weighted by Gasteiger charge is -2.38. The van der Waals surface area contributed by atoms with Crippen molar-refractivity contribution in [2.24, 2.45) is 0 Å². The van der Waals surface area contributed by atoms with E-state index in [0.717, 1.165) is 0 Å². The van der Waals surface area contributed by atoms with Crippen LogP contribution in [0.4, 0.5) is 5.69 Å². The van der Waals surface area contributed by atoms with Crippen molar-refractivity contribution in [1.29, 1.82) is 0 Å². The van der Waals surface area contributed by atoms with Gasteiger partial charge in [0.1, 0.15) is 36.2 Å². The minimum atomic E-state index is -1.33. The van der Waals surface area contributed by atoms with Gasteiger partial charge in [0.2, 0.25) is 6.29 Å². The first kappa shape index (κ1) is 17.4. The number of phenols is 1. The third-order valence-corrected chi connectivity index (χ3v) is 3.77. The smallest absolute Gasteiger partial charge is 0.342 e. The second-order valence-electron chi connectivity index (χ2n) is 5.33. The number of rotatable bonds is 4. The summed E-state index contributed by atoms with van der Waals surface area (Å²) in [6.45, 7) is -0.404.